The van der Waals surface area contributed by atoms with Crippen molar-refractivity contribution in [3.8, 4) is 0 Å². The lowest BCUT2D eigenvalue weighted by molar-refractivity contribution is 0.0280. The fourth-order valence-electron chi connectivity index (χ4n) is 2.80. The molecule has 1 atom stereocenters. The summed E-state index contributed by atoms with van der Waals surface area (Å²) in [7, 11) is -0.752. The number of benzene rings is 3. The minimum atomic E-state index is -3.61. The molecule has 0 fully saturated rings. The lowest BCUT2D eigenvalue weighted by Crippen LogP contribution is -2.22. The molecule has 3 rings (SSSR count). The molecule has 0 N–H and O–H groups in total. The summed E-state index contributed by atoms with van der Waals surface area (Å²) in [6, 6.07) is 22.7. The molecule has 0 saturated carbocycles. The second-order valence-corrected chi connectivity index (χ2v) is 8.89. The third-order valence-corrected chi connectivity index (χ3v) is 6.32. The van der Waals surface area contributed by atoms with Crippen molar-refractivity contribution in [1.29, 1.82) is 0 Å². The highest BCUT2D eigenvalue weighted by molar-refractivity contribution is 7.89. The number of ketones is 1. The van der Waals surface area contributed by atoms with Gasteiger partial charge in [-0.1, -0.05) is 60.7 Å². The van der Waals surface area contributed by atoms with Gasteiger partial charge in [0.15, 0.2) is 6.10 Å². The molecule has 6 nitrogen and oxygen atoms in total. The Labute approximate surface area is 175 Å². The molecule has 0 radical (unpaired) electrons. The minimum absolute atomic E-state index is 0.0593. The second-order valence-electron chi connectivity index (χ2n) is 6.74. The smallest absolute Gasteiger partial charge is 0.339 e. The van der Waals surface area contributed by atoms with Gasteiger partial charge in [-0.25, -0.2) is 17.5 Å². The van der Waals surface area contributed by atoms with Crippen LogP contribution >= 0.6 is 0 Å². The van der Waals surface area contributed by atoms with Gasteiger partial charge in [-0.05, 0) is 24.3 Å². The zero-order chi connectivity index (χ0) is 21.7. The first-order chi connectivity index (χ1) is 14.3. The lowest BCUT2D eigenvalue weighted by Gasteiger charge is -2.18. The fourth-order valence-corrected chi connectivity index (χ4v) is 3.71. The molecular formula is C23H21NO5S. The Morgan fingerprint density at radius 3 is 1.83 bits per heavy atom. The van der Waals surface area contributed by atoms with Crippen LogP contribution in [-0.4, -0.2) is 38.6 Å². The summed E-state index contributed by atoms with van der Waals surface area (Å²) in [6.45, 7) is 0. The van der Waals surface area contributed by atoms with E-state index in [0.29, 0.717) is 11.1 Å². The van der Waals surface area contributed by atoms with Gasteiger partial charge in [-0.2, -0.15) is 0 Å². The lowest BCUT2D eigenvalue weighted by atomic mass is 10.00. The van der Waals surface area contributed by atoms with Crippen molar-refractivity contribution in [2.24, 2.45) is 0 Å². The van der Waals surface area contributed by atoms with Crippen molar-refractivity contribution in [3.63, 3.8) is 0 Å². The van der Waals surface area contributed by atoms with E-state index < -0.39 is 22.1 Å². The normalized spacial score (nSPS) is 12.4. The van der Waals surface area contributed by atoms with Gasteiger partial charge in [-0.15, -0.1) is 0 Å². The van der Waals surface area contributed by atoms with E-state index >= 15 is 0 Å². The Balaban J connectivity index is 1.88. The van der Waals surface area contributed by atoms with Crippen molar-refractivity contribution in [3.05, 3.63) is 102 Å². The largest absolute Gasteiger partial charge is 0.445 e. The summed E-state index contributed by atoms with van der Waals surface area (Å²) in [5.41, 5.74) is 1.12. The Morgan fingerprint density at radius 2 is 1.30 bits per heavy atom. The van der Waals surface area contributed by atoms with Gasteiger partial charge in [0.05, 0.1) is 10.5 Å². The third kappa shape index (κ3) is 4.64. The van der Waals surface area contributed by atoms with Gasteiger partial charge in [0, 0.05) is 25.2 Å². The van der Waals surface area contributed by atoms with Crippen molar-refractivity contribution in [2.75, 3.05) is 14.1 Å². The van der Waals surface area contributed by atoms with E-state index in [4.69, 9.17) is 4.74 Å². The summed E-state index contributed by atoms with van der Waals surface area (Å²) in [5, 5.41) is 0. The number of sulfonamides is 1. The van der Waals surface area contributed by atoms with Gasteiger partial charge >= 0.3 is 5.97 Å². The predicted molar refractivity (Wildman–Crippen MR) is 113 cm³/mol. The molecule has 0 heterocycles. The Bertz CT molecular complexity index is 1130. The number of hydrogen-bond donors (Lipinski definition) is 0. The number of carbonyl (C=O) groups is 2. The van der Waals surface area contributed by atoms with Crippen LogP contribution < -0.4 is 0 Å². The average molecular weight is 423 g/mol. The maximum Gasteiger partial charge on any atom is 0.339 e. The third-order valence-electron chi connectivity index (χ3n) is 4.49. The van der Waals surface area contributed by atoms with Crippen molar-refractivity contribution in [1.82, 2.24) is 4.31 Å². The van der Waals surface area contributed by atoms with Crippen LogP contribution in [0, 0.1) is 0 Å². The number of ether oxygens (including phenoxy) is 1. The predicted octanol–water partition coefficient (Wildman–Crippen LogP) is 3.72. The molecule has 0 aromatic heterocycles. The van der Waals surface area contributed by atoms with E-state index in [1.165, 1.54) is 38.4 Å². The minimum Gasteiger partial charge on any atom is -0.445 e. The van der Waals surface area contributed by atoms with E-state index in [2.05, 4.69) is 0 Å². The van der Waals surface area contributed by atoms with E-state index in [9.17, 15) is 18.0 Å². The Hall–Kier alpha value is -3.29. The van der Waals surface area contributed by atoms with Crippen LogP contribution in [0.3, 0.4) is 0 Å². The summed E-state index contributed by atoms with van der Waals surface area (Å²) in [4.78, 5) is 25.8. The van der Waals surface area contributed by atoms with Crippen molar-refractivity contribution in [2.45, 2.75) is 11.0 Å². The van der Waals surface area contributed by atoms with Crippen LogP contribution in [0.25, 0.3) is 0 Å². The molecule has 0 spiro atoms. The molecule has 3 aromatic carbocycles. The SMILES string of the molecule is CN(C)S(=O)(=O)c1ccc(C(=O)O[C@@H](C(=O)c2ccccc2)c2ccccc2)cc1. The highest BCUT2D eigenvalue weighted by Crippen LogP contribution is 2.24. The van der Waals surface area contributed by atoms with Gasteiger partial charge in [0.1, 0.15) is 0 Å². The highest BCUT2D eigenvalue weighted by atomic mass is 32.2. The number of nitrogens with zero attached hydrogens (tertiary/aromatic N) is 1. The van der Waals surface area contributed by atoms with Gasteiger partial charge in [-0.3, -0.25) is 4.79 Å². The Kier molecular flexibility index (Phi) is 6.44. The van der Waals surface area contributed by atoms with Crippen molar-refractivity contribution < 1.29 is 22.7 Å². The molecule has 0 unspecified atom stereocenters. The number of Topliss-reactive ketones (excluding diaryl/α,β-unsaturated/α-hetero) is 1. The topological polar surface area (TPSA) is 80.8 Å². The molecule has 0 bridgehead atoms. The van der Waals surface area contributed by atoms with Crippen LogP contribution in [0.4, 0.5) is 0 Å². The summed E-state index contributed by atoms with van der Waals surface area (Å²) < 4.78 is 31.0. The second kappa shape index (κ2) is 9.02. The number of carbonyl (C=O) groups excluding carboxylic acids is 2. The van der Waals surface area contributed by atoms with Crippen LogP contribution in [0.15, 0.2) is 89.8 Å². The number of hydrogen-bond acceptors (Lipinski definition) is 5. The van der Waals surface area contributed by atoms with Crippen LogP contribution in [0.2, 0.25) is 0 Å². The molecule has 30 heavy (non-hydrogen) atoms. The average Bonchev–Trinajstić information content (AvgIpc) is 2.78. The van der Waals surface area contributed by atoms with Gasteiger partial charge in [0.25, 0.3) is 0 Å². The molecule has 0 aliphatic heterocycles. The van der Waals surface area contributed by atoms with E-state index in [1.54, 1.807) is 60.7 Å². The zero-order valence-corrected chi connectivity index (χ0v) is 17.4. The van der Waals surface area contributed by atoms with Gasteiger partial charge < -0.3 is 4.74 Å². The summed E-state index contributed by atoms with van der Waals surface area (Å²) in [5.74, 6) is -1.07. The quantitative estimate of drug-likeness (QED) is 0.427. The zero-order valence-electron chi connectivity index (χ0n) is 16.6. The maximum atomic E-state index is 13.0. The first-order valence-electron chi connectivity index (χ1n) is 9.18. The van der Waals surface area contributed by atoms with E-state index in [-0.39, 0.29) is 16.2 Å². The van der Waals surface area contributed by atoms with Crippen molar-refractivity contribution >= 4 is 21.8 Å². The van der Waals surface area contributed by atoms with E-state index in [0.717, 1.165) is 4.31 Å². The number of esters is 1. The molecule has 0 saturated heterocycles. The summed E-state index contributed by atoms with van der Waals surface area (Å²) in [6.07, 6.45) is -1.12. The van der Waals surface area contributed by atoms with Crippen LogP contribution in [0.1, 0.15) is 32.4 Å². The molecule has 154 valence electrons. The van der Waals surface area contributed by atoms with Crippen LogP contribution in [-0.2, 0) is 14.8 Å². The summed E-state index contributed by atoms with van der Waals surface area (Å²) >= 11 is 0. The highest BCUT2D eigenvalue weighted by Gasteiger charge is 2.27. The molecule has 0 aliphatic carbocycles. The standard InChI is InChI=1S/C23H21NO5S/c1-24(2)30(27,28)20-15-13-19(14-16-20)23(26)29-22(18-11-7-4-8-12-18)21(25)17-9-5-3-6-10-17/h3-16,22H,1-2H3/t22-/m1/s1. The maximum absolute atomic E-state index is 13.0. The molecule has 3 aromatic rings. The molecule has 7 heteroatoms. The van der Waals surface area contributed by atoms with Gasteiger partial charge in [0.2, 0.25) is 15.8 Å². The first kappa shape index (κ1) is 21.4. The first-order valence-corrected chi connectivity index (χ1v) is 10.6. The molecule has 0 amide bonds. The number of rotatable bonds is 7. The fraction of sp³-hybridized carbons (Fsp3) is 0.130. The van der Waals surface area contributed by atoms with Crippen LogP contribution in [0.5, 0.6) is 0 Å². The Morgan fingerprint density at radius 1 is 0.767 bits per heavy atom. The molecule has 0 aliphatic rings. The molecular weight excluding hydrogens is 402 g/mol. The van der Waals surface area contributed by atoms with E-state index in [1.807, 2.05) is 0 Å². The monoisotopic (exact) mass is 423 g/mol.